The van der Waals surface area contributed by atoms with Crippen LogP contribution >= 0.6 is 0 Å². The summed E-state index contributed by atoms with van der Waals surface area (Å²) in [6, 6.07) is 22.0. The van der Waals surface area contributed by atoms with Gasteiger partial charge in [0.15, 0.2) is 6.10 Å². The summed E-state index contributed by atoms with van der Waals surface area (Å²) in [5.74, 6) is -0.714. The van der Waals surface area contributed by atoms with E-state index >= 15 is 0 Å². The Bertz CT molecular complexity index is 1220. The van der Waals surface area contributed by atoms with Crippen LogP contribution in [0.1, 0.15) is 54.7 Å². The largest absolute Gasteiger partial charge is 0.488 e. The van der Waals surface area contributed by atoms with Gasteiger partial charge in [0.1, 0.15) is 18.4 Å². The van der Waals surface area contributed by atoms with Crippen molar-refractivity contribution >= 4 is 11.9 Å². The van der Waals surface area contributed by atoms with Crippen molar-refractivity contribution in [2.75, 3.05) is 0 Å². The Morgan fingerprint density at radius 3 is 2.25 bits per heavy atom. The van der Waals surface area contributed by atoms with Crippen molar-refractivity contribution in [1.82, 2.24) is 4.90 Å². The predicted molar refractivity (Wildman–Crippen MR) is 138 cm³/mol. The van der Waals surface area contributed by atoms with Crippen molar-refractivity contribution in [3.8, 4) is 5.75 Å². The van der Waals surface area contributed by atoms with Gasteiger partial charge >= 0.3 is 5.97 Å². The molecule has 3 aromatic rings. The minimum absolute atomic E-state index is 0.166. The Labute approximate surface area is 212 Å². The molecule has 0 saturated carbocycles. The first-order chi connectivity index (χ1) is 17.1. The molecule has 1 N–H and O–H groups in total. The second-order valence-electron chi connectivity index (χ2n) is 10.2. The molecule has 1 aliphatic rings. The van der Waals surface area contributed by atoms with E-state index < -0.39 is 23.7 Å². The SMILES string of the molecule is Cc1ccc2c(c1OCc1ccccc1)C[C@@H](C(=O)O)N(C(=O)[C@@H](OC(C)(C)C)c1ccccc1)C2. The molecule has 2 atom stereocenters. The molecule has 0 bridgehead atoms. The van der Waals surface area contributed by atoms with Crippen LogP contribution in [0.4, 0.5) is 0 Å². The van der Waals surface area contributed by atoms with E-state index in [0.717, 1.165) is 22.3 Å². The number of carboxylic acid groups (broad SMARTS) is 1. The van der Waals surface area contributed by atoms with E-state index in [1.807, 2.05) is 100 Å². The number of aryl methyl sites for hydroxylation is 1. The van der Waals surface area contributed by atoms with Crippen LogP contribution < -0.4 is 4.74 Å². The van der Waals surface area contributed by atoms with Crippen LogP contribution in [0.5, 0.6) is 5.75 Å². The van der Waals surface area contributed by atoms with E-state index in [2.05, 4.69) is 0 Å². The fraction of sp³-hybridized carbons (Fsp3) is 0.333. The Morgan fingerprint density at radius 2 is 1.64 bits per heavy atom. The van der Waals surface area contributed by atoms with E-state index in [0.29, 0.717) is 17.9 Å². The number of nitrogens with zero attached hydrogens (tertiary/aromatic N) is 1. The van der Waals surface area contributed by atoms with E-state index in [1.54, 1.807) is 0 Å². The van der Waals surface area contributed by atoms with Crippen LogP contribution in [0.3, 0.4) is 0 Å². The molecule has 0 radical (unpaired) electrons. The molecular formula is C30H33NO5. The fourth-order valence-corrected chi connectivity index (χ4v) is 4.53. The first-order valence-electron chi connectivity index (χ1n) is 12.2. The maximum absolute atomic E-state index is 13.9. The second kappa shape index (κ2) is 10.5. The molecule has 0 spiro atoms. The first kappa shape index (κ1) is 25.5. The smallest absolute Gasteiger partial charge is 0.326 e. The number of amides is 1. The van der Waals surface area contributed by atoms with Crippen LogP contribution in [-0.2, 0) is 33.9 Å². The molecular weight excluding hydrogens is 454 g/mol. The predicted octanol–water partition coefficient (Wildman–Crippen LogP) is 5.47. The molecule has 0 aliphatic carbocycles. The number of carboxylic acids is 1. The number of ether oxygens (including phenoxy) is 2. The van der Waals surface area contributed by atoms with Crippen molar-refractivity contribution in [3.63, 3.8) is 0 Å². The summed E-state index contributed by atoms with van der Waals surface area (Å²) in [5.41, 5.74) is 3.79. The van der Waals surface area contributed by atoms with Gasteiger partial charge in [-0.1, -0.05) is 72.8 Å². The summed E-state index contributed by atoms with van der Waals surface area (Å²) in [4.78, 5) is 27.7. The molecule has 3 aromatic carbocycles. The number of benzene rings is 3. The highest BCUT2D eigenvalue weighted by Crippen LogP contribution is 2.36. The van der Waals surface area contributed by atoms with Gasteiger partial charge in [0, 0.05) is 18.5 Å². The number of carbonyl (C=O) groups excluding carboxylic acids is 1. The van der Waals surface area contributed by atoms with Gasteiger partial charge in [-0.3, -0.25) is 4.79 Å². The van der Waals surface area contributed by atoms with Crippen molar-refractivity contribution in [2.24, 2.45) is 0 Å². The van der Waals surface area contributed by atoms with Gasteiger partial charge < -0.3 is 19.5 Å². The first-order valence-corrected chi connectivity index (χ1v) is 12.2. The van der Waals surface area contributed by atoms with Gasteiger partial charge in [0.2, 0.25) is 0 Å². The van der Waals surface area contributed by atoms with Crippen molar-refractivity contribution < 1.29 is 24.2 Å². The van der Waals surface area contributed by atoms with Gasteiger partial charge in [-0.15, -0.1) is 0 Å². The van der Waals surface area contributed by atoms with Gasteiger partial charge in [-0.2, -0.15) is 0 Å². The molecule has 0 saturated heterocycles. The van der Waals surface area contributed by atoms with E-state index in [1.165, 1.54) is 4.90 Å². The van der Waals surface area contributed by atoms with Gasteiger partial charge in [0.05, 0.1) is 5.60 Å². The molecule has 1 heterocycles. The fourth-order valence-electron chi connectivity index (χ4n) is 4.53. The lowest BCUT2D eigenvalue weighted by atomic mass is 9.90. The lowest BCUT2D eigenvalue weighted by molar-refractivity contribution is -0.164. The number of hydrogen-bond donors (Lipinski definition) is 1. The van der Waals surface area contributed by atoms with Crippen LogP contribution in [-0.4, -0.2) is 33.5 Å². The molecule has 0 unspecified atom stereocenters. The van der Waals surface area contributed by atoms with Crippen LogP contribution in [0.25, 0.3) is 0 Å². The zero-order chi connectivity index (χ0) is 25.9. The van der Waals surface area contributed by atoms with Crippen molar-refractivity contribution in [3.05, 3.63) is 101 Å². The summed E-state index contributed by atoms with van der Waals surface area (Å²) in [7, 11) is 0. The molecule has 6 heteroatoms. The van der Waals surface area contributed by atoms with Crippen molar-refractivity contribution in [1.29, 1.82) is 0 Å². The quantitative estimate of drug-likeness (QED) is 0.478. The van der Waals surface area contributed by atoms with Crippen molar-refractivity contribution in [2.45, 2.75) is 65.0 Å². The summed E-state index contributed by atoms with van der Waals surface area (Å²) in [5, 5.41) is 10.2. The summed E-state index contributed by atoms with van der Waals surface area (Å²) < 4.78 is 12.4. The van der Waals surface area contributed by atoms with Gasteiger partial charge in [-0.05, 0) is 49.9 Å². The average Bonchev–Trinajstić information content (AvgIpc) is 2.86. The Morgan fingerprint density at radius 1 is 1.00 bits per heavy atom. The monoisotopic (exact) mass is 487 g/mol. The number of hydrogen-bond acceptors (Lipinski definition) is 4. The standard InChI is InChI=1S/C30H33NO5/c1-20-15-16-23-18-31(28(32)27(36-30(2,3)4)22-13-9-6-10-14-22)25(29(33)34)17-24(23)26(20)35-19-21-11-7-5-8-12-21/h5-16,25,27H,17-19H2,1-4H3,(H,33,34)/t25-,27-/m0/s1. The highest BCUT2D eigenvalue weighted by molar-refractivity contribution is 5.88. The maximum atomic E-state index is 13.9. The van der Waals surface area contributed by atoms with Gasteiger partial charge in [-0.25, -0.2) is 4.79 Å². The molecule has 4 rings (SSSR count). The van der Waals surface area contributed by atoms with Crippen LogP contribution in [0.15, 0.2) is 72.8 Å². The summed E-state index contributed by atoms with van der Waals surface area (Å²) in [6.07, 6.45) is -0.743. The van der Waals surface area contributed by atoms with Gasteiger partial charge in [0.25, 0.3) is 5.91 Å². The van der Waals surface area contributed by atoms with E-state index in [9.17, 15) is 14.7 Å². The minimum Gasteiger partial charge on any atom is -0.488 e. The number of fused-ring (bicyclic) bond motifs is 1. The number of aliphatic carboxylic acids is 1. The number of rotatable bonds is 7. The average molecular weight is 488 g/mol. The molecule has 36 heavy (non-hydrogen) atoms. The Balaban J connectivity index is 1.67. The number of carbonyl (C=O) groups is 2. The highest BCUT2D eigenvalue weighted by atomic mass is 16.5. The topological polar surface area (TPSA) is 76.1 Å². The lowest BCUT2D eigenvalue weighted by Crippen LogP contribution is -2.51. The molecule has 1 aliphatic heterocycles. The Kier molecular flexibility index (Phi) is 7.45. The summed E-state index contributed by atoms with van der Waals surface area (Å²) in [6.45, 7) is 8.16. The van der Waals surface area contributed by atoms with Crippen LogP contribution in [0.2, 0.25) is 0 Å². The third-order valence-electron chi connectivity index (χ3n) is 6.26. The highest BCUT2D eigenvalue weighted by Gasteiger charge is 2.40. The minimum atomic E-state index is -1.05. The molecule has 0 fully saturated rings. The lowest BCUT2D eigenvalue weighted by Gasteiger charge is -2.38. The molecule has 1 amide bonds. The third kappa shape index (κ3) is 5.77. The zero-order valence-corrected chi connectivity index (χ0v) is 21.2. The normalized spacial score (nSPS) is 16.2. The molecule has 188 valence electrons. The molecule has 6 nitrogen and oxygen atoms in total. The van der Waals surface area contributed by atoms with Crippen LogP contribution in [0, 0.1) is 6.92 Å². The summed E-state index contributed by atoms with van der Waals surface area (Å²) >= 11 is 0. The zero-order valence-electron chi connectivity index (χ0n) is 21.2. The third-order valence-corrected chi connectivity index (χ3v) is 6.26. The Hall–Kier alpha value is -3.64. The van der Waals surface area contributed by atoms with E-state index in [-0.39, 0.29) is 18.9 Å². The maximum Gasteiger partial charge on any atom is 0.326 e. The second-order valence-corrected chi connectivity index (χ2v) is 10.2. The molecule has 0 aromatic heterocycles. The van der Waals surface area contributed by atoms with E-state index in [4.69, 9.17) is 9.47 Å².